The van der Waals surface area contributed by atoms with Crippen molar-refractivity contribution in [3.63, 3.8) is 0 Å². The Morgan fingerprint density at radius 2 is 1.13 bits per heavy atom. The van der Waals surface area contributed by atoms with Crippen molar-refractivity contribution in [2.45, 2.75) is 12.8 Å². The average Bonchev–Trinajstić information content (AvgIpc) is 3.12. The molecule has 0 N–H and O–H groups in total. The second-order valence-electron chi connectivity index (χ2n) is 10.0. The number of para-hydroxylation sites is 2. The molecule has 1 heterocycles. The number of aryl methyl sites for hydroxylation is 2. The van der Waals surface area contributed by atoms with Crippen LogP contribution in [-0.4, -0.2) is 11.6 Å². The van der Waals surface area contributed by atoms with E-state index in [1.165, 1.54) is 22.5 Å². The summed E-state index contributed by atoms with van der Waals surface area (Å²) in [5.74, 6) is -0.429. The van der Waals surface area contributed by atoms with Crippen LogP contribution in [0.2, 0.25) is 0 Å². The molecule has 0 amide bonds. The van der Waals surface area contributed by atoms with Gasteiger partial charge in [0.15, 0.2) is 11.6 Å². The van der Waals surface area contributed by atoms with E-state index in [9.17, 15) is 9.59 Å². The minimum absolute atomic E-state index is 0.214. The highest BCUT2D eigenvalue weighted by molar-refractivity contribution is 6.41. The summed E-state index contributed by atoms with van der Waals surface area (Å²) in [5, 5.41) is 0. The molecule has 0 fully saturated rings. The van der Waals surface area contributed by atoms with Gasteiger partial charge >= 0.3 is 0 Å². The lowest BCUT2D eigenvalue weighted by Gasteiger charge is -2.27. The molecule has 0 saturated carbocycles. The van der Waals surface area contributed by atoms with E-state index in [4.69, 9.17) is 0 Å². The number of benzene rings is 5. The van der Waals surface area contributed by atoms with E-state index in [2.05, 4.69) is 65.6 Å². The van der Waals surface area contributed by atoms with Crippen molar-refractivity contribution in [2.75, 3.05) is 4.90 Å². The highest BCUT2D eigenvalue weighted by atomic mass is 16.2. The highest BCUT2D eigenvalue weighted by Gasteiger charge is 2.33. The lowest BCUT2D eigenvalue weighted by atomic mass is 10.0. The Hall–Kier alpha value is -5.02. The number of carbonyl (C=O) groups is 2. The molecule has 3 nitrogen and oxygen atoms in total. The van der Waals surface area contributed by atoms with Gasteiger partial charge < -0.3 is 4.90 Å². The smallest absolute Gasteiger partial charge is 0.197 e. The van der Waals surface area contributed by atoms with Crippen LogP contribution in [0.3, 0.4) is 0 Å². The number of anilines is 3. The summed E-state index contributed by atoms with van der Waals surface area (Å²) in [6.45, 7) is 0. The van der Waals surface area contributed by atoms with Gasteiger partial charge in [-0.3, -0.25) is 9.59 Å². The monoisotopic (exact) mass is 503 g/mol. The third-order valence-electron chi connectivity index (χ3n) is 7.70. The Morgan fingerprint density at radius 3 is 1.79 bits per heavy atom. The quantitative estimate of drug-likeness (QED) is 0.183. The minimum Gasteiger partial charge on any atom is -0.310 e. The number of nitrogens with zero attached hydrogens (tertiary/aromatic N) is 1. The molecule has 3 heteroatoms. The molecular formula is C36H25NO2. The van der Waals surface area contributed by atoms with Crippen LogP contribution in [-0.2, 0) is 12.8 Å². The van der Waals surface area contributed by atoms with E-state index in [-0.39, 0.29) is 17.1 Å². The third-order valence-corrected chi connectivity index (χ3v) is 7.70. The van der Waals surface area contributed by atoms with E-state index < -0.39 is 0 Å². The van der Waals surface area contributed by atoms with Gasteiger partial charge in [0.2, 0.25) is 0 Å². The van der Waals surface area contributed by atoms with Crippen LogP contribution in [0.15, 0.2) is 127 Å². The Bertz CT molecular complexity index is 1730. The molecule has 0 spiro atoms. The van der Waals surface area contributed by atoms with E-state index in [0.717, 1.165) is 35.2 Å². The first-order valence-corrected chi connectivity index (χ1v) is 13.2. The molecule has 1 aliphatic carbocycles. The molecule has 5 aromatic rings. The van der Waals surface area contributed by atoms with Crippen LogP contribution in [0.1, 0.15) is 37.4 Å². The summed E-state index contributed by atoms with van der Waals surface area (Å²) >= 11 is 0. The van der Waals surface area contributed by atoms with E-state index in [1.54, 1.807) is 12.1 Å². The number of hydrogen-bond donors (Lipinski definition) is 0. The summed E-state index contributed by atoms with van der Waals surface area (Å²) in [7, 11) is 0. The highest BCUT2D eigenvalue weighted by Crippen LogP contribution is 2.41. The zero-order valence-corrected chi connectivity index (χ0v) is 21.3. The third kappa shape index (κ3) is 4.00. The fraction of sp³-hybridized carbons (Fsp3) is 0.0556. The first-order valence-electron chi connectivity index (χ1n) is 13.2. The Kier molecular flexibility index (Phi) is 5.56. The Morgan fingerprint density at radius 1 is 0.538 bits per heavy atom. The van der Waals surface area contributed by atoms with Crippen LogP contribution in [0.5, 0.6) is 0 Å². The zero-order chi connectivity index (χ0) is 26.3. The Labute approximate surface area is 227 Å². The summed E-state index contributed by atoms with van der Waals surface area (Å²) in [6, 6.07) is 40.6. The second kappa shape index (κ2) is 9.38. The number of allylic oxidation sites excluding steroid dienone is 1. The van der Waals surface area contributed by atoms with Gasteiger partial charge in [-0.15, -0.1) is 0 Å². The van der Waals surface area contributed by atoms with Crippen molar-refractivity contribution in [3.05, 3.63) is 155 Å². The van der Waals surface area contributed by atoms with Crippen molar-refractivity contribution in [1.29, 1.82) is 0 Å². The van der Waals surface area contributed by atoms with Gasteiger partial charge in [0.1, 0.15) is 0 Å². The minimum atomic E-state index is -0.216. The van der Waals surface area contributed by atoms with Crippen LogP contribution in [0.25, 0.3) is 17.2 Å². The second-order valence-corrected chi connectivity index (χ2v) is 10.0. The molecule has 1 aliphatic heterocycles. The number of hydrogen-bond acceptors (Lipinski definition) is 3. The first-order chi connectivity index (χ1) is 19.2. The van der Waals surface area contributed by atoms with Crippen LogP contribution in [0, 0.1) is 0 Å². The maximum absolute atomic E-state index is 13.3. The fourth-order valence-corrected chi connectivity index (χ4v) is 5.71. The van der Waals surface area contributed by atoms with Gasteiger partial charge in [-0.25, -0.2) is 0 Å². The predicted molar refractivity (Wildman–Crippen MR) is 157 cm³/mol. The lowest BCUT2D eigenvalue weighted by molar-refractivity contribution is 0.0990. The Balaban J connectivity index is 1.23. The predicted octanol–water partition coefficient (Wildman–Crippen LogP) is 8.38. The van der Waals surface area contributed by atoms with E-state index >= 15 is 0 Å². The summed E-state index contributed by atoms with van der Waals surface area (Å²) < 4.78 is 0. The van der Waals surface area contributed by atoms with Crippen molar-refractivity contribution < 1.29 is 9.59 Å². The van der Waals surface area contributed by atoms with Gasteiger partial charge in [0.05, 0.1) is 5.57 Å². The maximum atomic E-state index is 13.3. The molecule has 0 saturated heterocycles. The summed E-state index contributed by atoms with van der Waals surface area (Å²) in [4.78, 5) is 28.8. The molecule has 0 bridgehead atoms. The molecule has 5 aromatic carbocycles. The SMILES string of the molecule is O=C1C(=Cc2ccc(N3c4ccccc4CCc4ccccc43)cc2)C(=O)c2cc(-c3ccccc3)ccc21. The molecule has 7 rings (SSSR count). The molecule has 186 valence electrons. The van der Waals surface area contributed by atoms with Crippen molar-refractivity contribution in [3.8, 4) is 11.1 Å². The van der Waals surface area contributed by atoms with Gasteiger partial charge in [-0.2, -0.15) is 0 Å². The standard InChI is InChI=1S/C36H25NO2/c38-35-30-21-18-28(25-8-2-1-3-9-25)23-31(30)36(39)32(35)22-24-14-19-29(20-15-24)37-33-12-6-4-10-26(33)16-17-27-11-5-7-13-34(27)37/h1-15,18-23H,16-17H2. The van der Waals surface area contributed by atoms with Gasteiger partial charge in [-0.05, 0) is 83.1 Å². The van der Waals surface area contributed by atoms with Crippen molar-refractivity contribution >= 4 is 34.7 Å². The molecule has 0 aromatic heterocycles. The molecule has 0 radical (unpaired) electrons. The van der Waals surface area contributed by atoms with Gasteiger partial charge in [0, 0.05) is 28.2 Å². The van der Waals surface area contributed by atoms with E-state index in [0.29, 0.717) is 11.1 Å². The topological polar surface area (TPSA) is 37.4 Å². The number of rotatable bonds is 3. The van der Waals surface area contributed by atoms with Crippen LogP contribution < -0.4 is 4.90 Å². The molecule has 39 heavy (non-hydrogen) atoms. The maximum Gasteiger partial charge on any atom is 0.197 e. The van der Waals surface area contributed by atoms with Gasteiger partial charge in [0.25, 0.3) is 0 Å². The number of fused-ring (bicyclic) bond motifs is 3. The van der Waals surface area contributed by atoms with Crippen LogP contribution in [0.4, 0.5) is 17.1 Å². The van der Waals surface area contributed by atoms with Gasteiger partial charge in [-0.1, -0.05) is 84.9 Å². The number of carbonyl (C=O) groups excluding carboxylic acids is 2. The van der Waals surface area contributed by atoms with Crippen LogP contribution >= 0.6 is 0 Å². The van der Waals surface area contributed by atoms with Crippen molar-refractivity contribution in [2.24, 2.45) is 0 Å². The molecule has 2 aliphatic rings. The first kappa shape index (κ1) is 23.1. The largest absolute Gasteiger partial charge is 0.310 e. The van der Waals surface area contributed by atoms with Crippen molar-refractivity contribution in [1.82, 2.24) is 0 Å². The summed E-state index contributed by atoms with van der Waals surface area (Å²) in [5.41, 5.74) is 9.96. The normalized spacial score (nSPS) is 15.1. The van der Waals surface area contributed by atoms with E-state index in [1.807, 2.05) is 54.6 Å². The molecule has 0 unspecified atom stereocenters. The fourth-order valence-electron chi connectivity index (χ4n) is 5.71. The average molecular weight is 504 g/mol. The lowest BCUT2D eigenvalue weighted by Crippen LogP contribution is -2.11. The summed E-state index contributed by atoms with van der Waals surface area (Å²) in [6.07, 6.45) is 3.70. The zero-order valence-electron chi connectivity index (χ0n) is 21.3. The number of ketones is 2. The molecule has 0 atom stereocenters. The molecular weight excluding hydrogens is 478 g/mol. The number of Topliss-reactive ketones (excluding diaryl/α,β-unsaturated/α-hetero) is 2.